The summed E-state index contributed by atoms with van der Waals surface area (Å²) >= 11 is 0. The highest BCUT2D eigenvalue weighted by atomic mass is 16.4. The van der Waals surface area contributed by atoms with Gasteiger partial charge in [0.05, 0.1) is 5.69 Å². The van der Waals surface area contributed by atoms with Crippen LogP contribution < -0.4 is 32.3 Å². The lowest BCUT2D eigenvalue weighted by molar-refractivity contribution is -0.139. The number of benzene rings is 1. The van der Waals surface area contributed by atoms with E-state index in [9.17, 15) is 14.7 Å². The topological polar surface area (TPSA) is 158 Å². The van der Waals surface area contributed by atoms with Crippen LogP contribution >= 0.6 is 0 Å². The number of urea groups is 1. The lowest BCUT2D eigenvalue weighted by Crippen LogP contribution is -2.51. The number of amides is 2. The Morgan fingerprint density at radius 1 is 1.31 bits per heavy atom. The molecule has 10 nitrogen and oxygen atoms in total. The van der Waals surface area contributed by atoms with Crippen LogP contribution in [0.4, 0.5) is 10.5 Å². The van der Waals surface area contributed by atoms with Gasteiger partial charge in [-0.3, -0.25) is 14.7 Å². The Bertz CT molecular complexity index is 872. The number of carboxylic acid groups (broad SMARTS) is 1. The first-order chi connectivity index (χ1) is 13.8. The summed E-state index contributed by atoms with van der Waals surface area (Å²) in [7, 11) is 0. The third-order valence-electron chi connectivity index (χ3n) is 4.58. The molecule has 10 heteroatoms. The van der Waals surface area contributed by atoms with E-state index in [1.54, 1.807) is 30.5 Å². The molecule has 3 rings (SSSR count). The number of hydrogen-bond donors (Lipinski definition) is 6. The highest BCUT2D eigenvalue weighted by Crippen LogP contribution is 2.25. The van der Waals surface area contributed by atoms with Gasteiger partial charge in [-0.05, 0) is 43.7 Å². The number of anilines is 1. The summed E-state index contributed by atoms with van der Waals surface area (Å²) in [5.41, 5.74) is 13.7. The van der Waals surface area contributed by atoms with E-state index in [2.05, 4.69) is 20.9 Å². The largest absolute Gasteiger partial charge is 0.480 e. The van der Waals surface area contributed by atoms with Crippen molar-refractivity contribution in [3.63, 3.8) is 0 Å². The molecule has 0 radical (unpaired) electrons. The zero-order valence-corrected chi connectivity index (χ0v) is 16.1. The maximum atomic E-state index is 12.4. The second kappa shape index (κ2) is 8.65. The number of aliphatic carboxylic acids is 1. The lowest BCUT2D eigenvalue weighted by atomic mass is 10.1. The Morgan fingerprint density at radius 3 is 2.69 bits per heavy atom. The predicted molar refractivity (Wildman–Crippen MR) is 110 cm³/mol. The number of nitrogens with zero attached hydrogens (tertiary/aromatic N) is 2. The van der Waals surface area contributed by atoms with Crippen LogP contribution in [0.25, 0.3) is 0 Å². The number of carbonyl (C=O) groups excluding carboxylic acids is 1. The molecule has 2 aliphatic heterocycles. The first kappa shape index (κ1) is 20.2. The Kier molecular flexibility index (Phi) is 6.03. The van der Waals surface area contributed by atoms with E-state index in [1.165, 1.54) is 4.90 Å². The highest BCUT2D eigenvalue weighted by molar-refractivity contribution is 5.96. The lowest BCUT2D eigenvalue weighted by Gasteiger charge is -2.29. The van der Waals surface area contributed by atoms with Crippen LogP contribution in [0.15, 0.2) is 52.8 Å². The molecule has 2 heterocycles. The number of guanidine groups is 1. The second-order valence-corrected chi connectivity index (χ2v) is 6.83. The van der Waals surface area contributed by atoms with Gasteiger partial charge in [0.25, 0.3) is 0 Å². The third kappa shape index (κ3) is 4.85. The van der Waals surface area contributed by atoms with Crippen LogP contribution in [0.2, 0.25) is 0 Å². The average Bonchev–Trinajstić information content (AvgIpc) is 3.02. The molecule has 0 aromatic heterocycles. The van der Waals surface area contributed by atoms with Gasteiger partial charge in [0.2, 0.25) is 0 Å². The van der Waals surface area contributed by atoms with Gasteiger partial charge < -0.3 is 32.5 Å². The first-order valence-corrected chi connectivity index (χ1v) is 9.23. The molecule has 1 aromatic rings. The molecule has 8 N–H and O–H groups in total. The number of rotatable bonds is 8. The van der Waals surface area contributed by atoms with Crippen molar-refractivity contribution >= 4 is 23.6 Å². The van der Waals surface area contributed by atoms with Crippen molar-refractivity contribution in [2.45, 2.75) is 25.6 Å². The smallest absolute Gasteiger partial charge is 0.327 e. The molecule has 29 heavy (non-hydrogen) atoms. The number of fused-ring (bicyclic) bond motifs is 1. The molecule has 2 aliphatic rings. The van der Waals surface area contributed by atoms with E-state index in [0.29, 0.717) is 30.8 Å². The Morgan fingerprint density at radius 2 is 2.03 bits per heavy atom. The van der Waals surface area contributed by atoms with E-state index in [-0.39, 0.29) is 18.2 Å². The van der Waals surface area contributed by atoms with Gasteiger partial charge >= 0.3 is 12.0 Å². The van der Waals surface area contributed by atoms with Gasteiger partial charge in [0.1, 0.15) is 12.2 Å². The van der Waals surface area contributed by atoms with Crippen molar-refractivity contribution in [3.8, 4) is 0 Å². The number of nitrogens with one attached hydrogen (secondary N) is 3. The molecule has 0 spiro atoms. The van der Waals surface area contributed by atoms with Crippen LogP contribution in [0.3, 0.4) is 0 Å². The van der Waals surface area contributed by atoms with Crippen molar-refractivity contribution in [1.82, 2.24) is 16.0 Å². The molecule has 0 saturated heterocycles. The van der Waals surface area contributed by atoms with Crippen molar-refractivity contribution in [2.24, 2.45) is 16.5 Å². The SMILES string of the molecule is CC1=CC2=CN(c3ccc(C(NCCCN=C(N)N)C(=O)O)cc3)C(=O)NC2N1. The van der Waals surface area contributed by atoms with Crippen LogP contribution in [-0.2, 0) is 4.79 Å². The molecule has 2 atom stereocenters. The fourth-order valence-electron chi connectivity index (χ4n) is 3.22. The van der Waals surface area contributed by atoms with Crippen LogP contribution in [0.5, 0.6) is 0 Å². The van der Waals surface area contributed by atoms with E-state index in [0.717, 1.165) is 11.3 Å². The molecule has 2 unspecified atom stereocenters. The quantitative estimate of drug-likeness (QED) is 0.208. The monoisotopic (exact) mass is 399 g/mol. The van der Waals surface area contributed by atoms with Crippen molar-refractivity contribution in [1.29, 1.82) is 0 Å². The molecule has 154 valence electrons. The number of carbonyl (C=O) groups is 2. The van der Waals surface area contributed by atoms with Crippen LogP contribution in [-0.4, -0.2) is 42.3 Å². The minimum absolute atomic E-state index is 0.0115. The minimum Gasteiger partial charge on any atom is -0.480 e. The molecule has 2 amide bonds. The highest BCUT2D eigenvalue weighted by Gasteiger charge is 2.29. The van der Waals surface area contributed by atoms with Gasteiger partial charge in [0.15, 0.2) is 5.96 Å². The van der Waals surface area contributed by atoms with Gasteiger partial charge in [0, 0.05) is 24.0 Å². The first-order valence-electron chi connectivity index (χ1n) is 9.23. The van der Waals surface area contributed by atoms with Gasteiger partial charge in [-0.2, -0.15) is 0 Å². The van der Waals surface area contributed by atoms with Crippen LogP contribution in [0.1, 0.15) is 24.9 Å². The summed E-state index contributed by atoms with van der Waals surface area (Å²) < 4.78 is 0. The number of allylic oxidation sites excluding steroid dienone is 1. The molecular formula is C19H25N7O3. The summed E-state index contributed by atoms with van der Waals surface area (Å²) in [6, 6.07) is 5.72. The molecule has 0 aliphatic carbocycles. The Labute approximate surface area is 168 Å². The maximum absolute atomic E-state index is 12.4. The fraction of sp³-hybridized carbons (Fsp3) is 0.316. The summed E-state index contributed by atoms with van der Waals surface area (Å²) in [4.78, 5) is 29.4. The summed E-state index contributed by atoms with van der Waals surface area (Å²) in [5.74, 6) is -0.977. The fourth-order valence-corrected chi connectivity index (χ4v) is 3.22. The van der Waals surface area contributed by atoms with Gasteiger partial charge in [-0.25, -0.2) is 4.79 Å². The second-order valence-electron chi connectivity index (χ2n) is 6.83. The molecule has 0 saturated carbocycles. The zero-order valence-electron chi connectivity index (χ0n) is 16.1. The normalized spacial score (nSPS) is 18.7. The van der Waals surface area contributed by atoms with Gasteiger partial charge in [-0.1, -0.05) is 12.1 Å². The Balaban J connectivity index is 1.68. The minimum atomic E-state index is -0.988. The Hall–Kier alpha value is -3.53. The molecule has 1 aromatic carbocycles. The summed E-state index contributed by atoms with van der Waals surface area (Å²) in [6.45, 7) is 2.79. The van der Waals surface area contributed by atoms with Crippen molar-refractivity contribution in [2.75, 3.05) is 18.0 Å². The number of carboxylic acids is 1. The predicted octanol–water partition coefficient (Wildman–Crippen LogP) is 0.312. The number of hydrogen-bond acceptors (Lipinski definition) is 5. The third-order valence-corrected chi connectivity index (χ3v) is 4.58. The van der Waals surface area contributed by atoms with E-state index in [1.807, 2.05) is 13.0 Å². The maximum Gasteiger partial charge on any atom is 0.327 e. The standard InChI is InChI=1S/C19H25N7O3/c1-11-9-13-10-26(19(29)25-16(13)24-11)14-5-3-12(4-6-14)15(17(27)28)22-7-2-8-23-18(20)21/h3-6,9-10,15-16,22,24H,2,7-8H2,1H3,(H,25,29)(H,27,28)(H4,20,21,23). The summed E-state index contributed by atoms with van der Waals surface area (Å²) in [6.07, 6.45) is 4.14. The number of nitrogens with two attached hydrogens (primary N) is 2. The molecule has 0 fully saturated rings. The zero-order chi connectivity index (χ0) is 21.0. The molecule has 0 bridgehead atoms. The molecular weight excluding hydrogens is 374 g/mol. The van der Waals surface area contributed by atoms with Gasteiger partial charge in [-0.15, -0.1) is 0 Å². The van der Waals surface area contributed by atoms with E-state index in [4.69, 9.17) is 11.5 Å². The van der Waals surface area contributed by atoms with Crippen molar-refractivity contribution < 1.29 is 14.7 Å². The van der Waals surface area contributed by atoms with Crippen LogP contribution in [0, 0.1) is 0 Å². The van der Waals surface area contributed by atoms with Crippen molar-refractivity contribution in [3.05, 3.63) is 53.4 Å². The number of aliphatic imine (C=N–C) groups is 1. The summed E-state index contributed by atoms with van der Waals surface area (Å²) in [5, 5.41) is 18.6. The van der Waals surface area contributed by atoms with E-state index >= 15 is 0 Å². The van der Waals surface area contributed by atoms with E-state index < -0.39 is 12.0 Å². The average molecular weight is 399 g/mol.